The van der Waals surface area contributed by atoms with Gasteiger partial charge in [-0.25, -0.2) is 0 Å². The van der Waals surface area contributed by atoms with Gasteiger partial charge in [-0.15, -0.1) is 0 Å². The Morgan fingerprint density at radius 3 is 2.38 bits per heavy atom. The standard InChI is InChI=1S/C12H14O4/c1-16-12(15)8-10(7-11(13)14)9-5-3-2-4-6-9/h2-6,10H,7-8H2,1H3,(H,13,14)/p-1/t10-/m0/s1. The first-order chi connectivity index (χ1) is 7.63. The monoisotopic (exact) mass is 221 g/mol. The molecule has 0 aliphatic carbocycles. The number of carbonyl (C=O) groups excluding carboxylic acids is 2. The van der Waals surface area contributed by atoms with Gasteiger partial charge < -0.3 is 14.6 Å². The highest BCUT2D eigenvalue weighted by Gasteiger charge is 2.16. The van der Waals surface area contributed by atoms with Gasteiger partial charge >= 0.3 is 5.97 Å². The molecule has 0 radical (unpaired) electrons. The molecule has 0 bridgehead atoms. The van der Waals surface area contributed by atoms with Crippen LogP contribution in [0.3, 0.4) is 0 Å². The molecule has 1 aromatic carbocycles. The molecule has 1 atom stereocenters. The number of carboxylic acids is 1. The van der Waals surface area contributed by atoms with Crippen molar-refractivity contribution in [3.05, 3.63) is 35.9 Å². The molecule has 0 heterocycles. The van der Waals surface area contributed by atoms with E-state index < -0.39 is 17.9 Å². The maximum absolute atomic E-state index is 11.1. The van der Waals surface area contributed by atoms with Crippen LogP contribution in [0.2, 0.25) is 0 Å². The molecule has 1 aromatic rings. The summed E-state index contributed by atoms with van der Waals surface area (Å²) in [5.41, 5.74) is 0.803. The van der Waals surface area contributed by atoms with Gasteiger partial charge in [-0.1, -0.05) is 30.3 Å². The third kappa shape index (κ3) is 3.73. The zero-order valence-electron chi connectivity index (χ0n) is 9.01. The van der Waals surface area contributed by atoms with E-state index in [2.05, 4.69) is 4.74 Å². The summed E-state index contributed by atoms with van der Waals surface area (Å²) in [5.74, 6) is -1.98. The summed E-state index contributed by atoms with van der Waals surface area (Å²) < 4.78 is 4.53. The topological polar surface area (TPSA) is 66.4 Å². The molecule has 0 saturated carbocycles. The number of rotatable bonds is 5. The molecule has 0 aliphatic heterocycles. The average molecular weight is 221 g/mol. The van der Waals surface area contributed by atoms with Crippen LogP contribution in [-0.4, -0.2) is 19.0 Å². The summed E-state index contributed by atoms with van der Waals surface area (Å²) in [6.45, 7) is 0. The second-order valence-electron chi connectivity index (χ2n) is 3.46. The third-order valence-electron chi connectivity index (χ3n) is 2.32. The van der Waals surface area contributed by atoms with Crippen molar-refractivity contribution in [1.82, 2.24) is 0 Å². The van der Waals surface area contributed by atoms with Crippen molar-refractivity contribution in [2.24, 2.45) is 0 Å². The fraction of sp³-hybridized carbons (Fsp3) is 0.333. The van der Waals surface area contributed by atoms with Crippen LogP contribution >= 0.6 is 0 Å². The molecule has 0 aromatic heterocycles. The second-order valence-corrected chi connectivity index (χ2v) is 3.46. The predicted octanol–water partition coefficient (Wildman–Crippen LogP) is 0.473. The van der Waals surface area contributed by atoms with Gasteiger partial charge in [0, 0.05) is 5.97 Å². The van der Waals surface area contributed by atoms with Crippen LogP contribution in [0.4, 0.5) is 0 Å². The number of benzene rings is 1. The highest BCUT2D eigenvalue weighted by atomic mass is 16.5. The summed E-state index contributed by atoms with van der Waals surface area (Å²) in [4.78, 5) is 21.7. The van der Waals surface area contributed by atoms with E-state index in [0.29, 0.717) is 0 Å². The molecular formula is C12H13O4-. The lowest BCUT2D eigenvalue weighted by atomic mass is 9.93. The van der Waals surface area contributed by atoms with E-state index in [-0.39, 0.29) is 12.8 Å². The summed E-state index contributed by atoms with van der Waals surface area (Å²) in [6.07, 6.45) is -0.131. The number of carbonyl (C=O) groups is 2. The number of aliphatic carboxylic acids is 1. The van der Waals surface area contributed by atoms with Crippen LogP contribution in [0.5, 0.6) is 0 Å². The molecule has 0 saturated heterocycles. The molecule has 86 valence electrons. The van der Waals surface area contributed by atoms with Crippen LogP contribution < -0.4 is 5.11 Å². The normalized spacial score (nSPS) is 11.8. The van der Waals surface area contributed by atoms with Gasteiger partial charge in [0.25, 0.3) is 0 Å². The first-order valence-electron chi connectivity index (χ1n) is 4.95. The summed E-state index contributed by atoms with van der Waals surface area (Å²) in [7, 11) is 1.28. The second kappa shape index (κ2) is 5.90. The van der Waals surface area contributed by atoms with Gasteiger partial charge in [0.1, 0.15) is 0 Å². The average Bonchev–Trinajstić information content (AvgIpc) is 2.28. The van der Waals surface area contributed by atoms with Crippen molar-refractivity contribution < 1.29 is 19.4 Å². The van der Waals surface area contributed by atoms with E-state index in [9.17, 15) is 14.7 Å². The maximum atomic E-state index is 11.1. The van der Waals surface area contributed by atoms with Crippen LogP contribution in [-0.2, 0) is 14.3 Å². The fourth-order valence-electron chi connectivity index (χ4n) is 1.52. The van der Waals surface area contributed by atoms with Gasteiger partial charge in [0.2, 0.25) is 0 Å². The van der Waals surface area contributed by atoms with Crippen molar-refractivity contribution in [3.8, 4) is 0 Å². The number of esters is 1. The van der Waals surface area contributed by atoms with E-state index >= 15 is 0 Å². The SMILES string of the molecule is COC(=O)C[C@H](CC(=O)[O-])c1ccccc1. The van der Waals surface area contributed by atoms with Gasteiger partial charge in [-0.2, -0.15) is 0 Å². The Morgan fingerprint density at radius 2 is 1.88 bits per heavy atom. The Bertz CT molecular complexity index is 359. The Labute approximate surface area is 93.9 Å². The van der Waals surface area contributed by atoms with Crippen LogP contribution in [0.15, 0.2) is 30.3 Å². The maximum Gasteiger partial charge on any atom is 0.306 e. The van der Waals surface area contributed by atoms with Crippen molar-refractivity contribution in [2.75, 3.05) is 7.11 Å². The van der Waals surface area contributed by atoms with Crippen LogP contribution in [0, 0.1) is 0 Å². The summed E-state index contributed by atoms with van der Waals surface area (Å²) in [5, 5.41) is 10.6. The van der Waals surface area contributed by atoms with Crippen molar-refractivity contribution in [1.29, 1.82) is 0 Å². The summed E-state index contributed by atoms with van der Waals surface area (Å²) >= 11 is 0. The molecule has 0 fully saturated rings. The molecule has 0 spiro atoms. The van der Waals surface area contributed by atoms with E-state index in [4.69, 9.17) is 0 Å². The van der Waals surface area contributed by atoms with E-state index in [1.165, 1.54) is 7.11 Å². The number of hydrogen-bond acceptors (Lipinski definition) is 4. The van der Waals surface area contributed by atoms with Gasteiger partial charge in [-0.3, -0.25) is 4.79 Å². The minimum absolute atomic E-state index is 0.0501. The lowest BCUT2D eigenvalue weighted by molar-refractivity contribution is -0.306. The quantitative estimate of drug-likeness (QED) is 0.678. The van der Waals surface area contributed by atoms with Crippen molar-refractivity contribution >= 4 is 11.9 Å². The first-order valence-corrected chi connectivity index (χ1v) is 4.95. The fourth-order valence-corrected chi connectivity index (χ4v) is 1.52. The molecule has 4 nitrogen and oxygen atoms in total. The molecule has 4 heteroatoms. The molecule has 0 unspecified atom stereocenters. The highest BCUT2D eigenvalue weighted by Crippen LogP contribution is 2.23. The van der Waals surface area contributed by atoms with Gasteiger partial charge in [0.15, 0.2) is 0 Å². The third-order valence-corrected chi connectivity index (χ3v) is 2.32. The van der Waals surface area contributed by atoms with E-state index in [1.807, 2.05) is 6.07 Å². The first kappa shape index (κ1) is 12.2. The molecule has 0 aliphatic rings. The zero-order valence-corrected chi connectivity index (χ0v) is 9.01. The molecule has 0 N–H and O–H groups in total. The minimum atomic E-state index is -1.17. The molecule has 16 heavy (non-hydrogen) atoms. The largest absolute Gasteiger partial charge is 0.550 e. The Hall–Kier alpha value is -1.84. The summed E-state index contributed by atoms with van der Waals surface area (Å²) in [6, 6.07) is 9.01. The Kier molecular flexibility index (Phi) is 4.51. The lowest BCUT2D eigenvalue weighted by Gasteiger charge is -2.16. The Balaban J connectivity index is 2.79. The molecule has 1 rings (SSSR count). The van der Waals surface area contributed by atoms with Gasteiger partial charge in [-0.05, 0) is 17.9 Å². The predicted molar refractivity (Wildman–Crippen MR) is 55.4 cm³/mol. The highest BCUT2D eigenvalue weighted by molar-refractivity contribution is 5.72. The number of hydrogen-bond donors (Lipinski definition) is 0. The van der Waals surface area contributed by atoms with Crippen molar-refractivity contribution in [2.45, 2.75) is 18.8 Å². The van der Waals surface area contributed by atoms with Crippen LogP contribution in [0.25, 0.3) is 0 Å². The molecular weight excluding hydrogens is 208 g/mol. The Morgan fingerprint density at radius 1 is 1.25 bits per heavy atom. The van der Waals surface area contributed by atoms with Crippen LogP contribution in [0.1, 0.15) is 24.3 Å². The smallest absolute Gasteiger partial charge is 0.306 e. The lowest BCUT2D eigenvalue weighted by Crippen LogP contribution is -2.25. The minimum Gasteiger partial charge on any atom is -0.550 e. The number of methoxy groups -OCH3 is 1. The zero-order chi connectivity index (χ0) is 12.0. The van der Waals surface area contributed by atoms with E-state index in [1.54, 1.807) is 24.3 Å². The number of carboxylic acid groups (broad SMARTS) is 1. The molecule has 0 amide bonds. The van der Waals surface area contributed by atoms with E-state index in [0.717, 1.165) is 5.56 Å². The van der Waals surface area contributed by atoms with Crippen molar-refractivity contribution in [3.63, 3.8) is 0 Å². The number of ether oxygens (including phenoxy) is 1. The van der Waals surface area contributed by atoms with Gasteiger partial charge in [0.05, 0.1) is 13.5 Å².